The minimum Gasteiger partial charge on any atom is -0.338 e. The van der Waals surface area contributed by atoms with Crippen molar-refractivity contribution in [1.82, 2.24) is 9.88 Å². The molecule has 1 aromatic carbocycles. The molecular formula is C18H16Cl3N3O2. The van der Waals surface area contributed by atoms with Crippen LogP contribution < -0.4 is 5.32 Å². The van der Waals surface area contributed by atoms with Crippen LogP contribution in [0.15, 0.2) is 36.5 Å². The standard InChI is InChI=1S/C18H16Cl3N3O2/c19-13-4-6-16(22-9-13)23-17(25)12-2-1-7-24(10-12)18(26)11-3-5-14(20)15(21)8-11/h3-6,8-9,12H,1-2,7,10H2,(H,22,23,25). The number of carbonyl (C=O) groups excluding carboxylic acids is 2. The zero-order valence-corrected chi connectivity index (χ0v) is 16.0. The molecule has 5 nitrogen and oxygen atoms in total. The van der Waals surface area contributed by atoms with Gasteiger partial charge in [0.1, 0.15) is 5.82 Å². The lowest BCUT2D eigenvalue weighted by atomic mass is 9.96. The number of amides is 2. The smallest absolute Gasteiger partial charge is 0.253 e. The van der Waals surface area contributed by atoms with Gasteiger partial charge in [-0.15, -0.1) is 0 Å². The highest BCUT2D eigenvalue weighted by atomic mass is 35.5. The van der Waals surface area contributed by atoms with Crippen LogP contribution in [0, 0.1) is 5.92 Å². The molecule has 1 unspecified atom stereocenters. The lowest BCUT2D eigenvalue weighted by molar-refractivity contribution is -0.121. The highest BCUT2D eigenvalue weighted by Crippen LogP contribution is 2.25. The first-order valence-electron chi connectivity index (χ1n) is 8.11. The Kier molecular flexibility index (Phi) is 6.01. The highest BCUT2D eigenvalue weighted by Gasteiger charge is 2.29. The average molecular weight is 413 g/mol. The van der Waals surface area contributed by atoms with E-state index in [1.807, 2.05) is 0 Å². The number of nitrogens with zero attached hydrogens (tertiary/aromatic N) is 2. The van der Waals surface area contributed by atoms with E-state index in [4.69, 9.17) is 34.8 Å². The van der Waals surface area contributed by atoms with E-state index in [2.05, 4.69) is 10.3 Å². The summed E-state index contributed by atoms with van der Waals surface area (Å²) in [6.07, 6.45) is 2.93. The Hall–Kier alpha value is -1.82. The number of rotatable bonds is 3. The fourth-order valence-electron chi connectivity index (χ4n) is 2.87. The predicted octanol–water partition coefficient (Wildman–Crippen LogP) is 4.53. The molecule has 8 heteroatoms. The molecule has 1 aromatic heterocycles. The maximum Gasteiger partial charge on any atom is 0.253 e. The zero-order chi connectivity index (χ0) is 18.7. The third kappa shape index (κ3) is 4.47. The van der Waals surface area contributed by atoms with Gasteiger partial charge in [0, 0.05) is 24.8 Å². The van der Waals surface area contributed by atoms with Crippen molar-refractivity contribution in [3.05, 3.63) is 57.2 Å². The van der Waals surface area contributed by atoms with E-state index in [9.17, 15) is 9.59 Å². The summed E-state index contributed by atoms with van der Waals surface area (Å²) in [5, 5.41) is 4.00. The molecule has 3 rings (SSSR count). The molecule has 2 aromatic rings. The van der Waals surface area contributed by atoms with Crippen LogP contribution in [0.1, 0.15) is 23.2 Å². The molecule has 26 heavy (non-hydrogen) atoms. The molecule has 2 heterocycles. The van der Waals surface area contributed by atoms with Crippen molar-refractivity contribution in [1.29, 1.82) is 0 Å². The number of pyridine rings is 1. The van der Waals surface area contributed by atoms with Crippen LogP contribution in [-0.4, -0.2) is 34.8 Å². The summed E-state index contributed by atoms with van der Waals surface area (Å²) >= 11 is 17.7. The first-order valence-corrected chi connectivity index (χ1v) is 9.24. The molecule has 0 spiro atoms. The third-order valence-electron chi connectivity index (χ3n) is 4.22. The Bertz CT molecular complexity index is 827. The fourth-order valence-corrected chi connectivity index (χ4v) is 3.28. The SMILES string of the molecule is O=C(Nc1ccc(Cl)cn1)C1CCCN(C(=O)c2ccc(Cl)c(Cl)c2)C1. The molecule has 0 radical (unpaired) electrons. The highest BCUT2D eigenvalue weighted by molar-refractivity contribution is 6.42. The monoisotopic (exact) mass is 411 g/mol. The van der Waals surface area contributed by atoms with Crippen molar-refractivity contribution in [2.75, 3.05) is 18.4 Å². The molecule has 1 fully saturated rings. The van der Waals surface area contributed by atoms with Gasteiger partial charge in [0.2, 0.25) is 5.91 Å². The summed E-state index contributed by atoms with van der Waals surface area (Å²) < 4.78 is 0. The van der Waals surface area contributed by atoms with Gasteiger partial charge >= 0.3 is 0 Å². The number of hydrogen-bond donors (Lipinski definition) is 1. The molecular weight excluding hydrogens is 397 g/mol. The van der Waals surface area contributed by atoms with E-state index in [0.717, 1.165) is 6.42 Å². The maximum absolute atomic E-state index is 12.7. The van der Waals surface area contributed by atoms with Gasteiger partial charge in [-0.1, -0.05) is 34.8 Å². The zero-order valence-electron chi connectivity index (χ0n) is 13.7. The number of aromatic nitrogens is 1. The van der Waals surface area contributed by atoms with Gasteiger partial charge in [0.05, 0.1) is 21.0 Å². The molecule has 1 N–H and O–H groups in total. The lowest BCUT2D eigenvalue weighted by Crippen LogP contribution is -2.43. The Morgan fingerprint density at radius 2 is 1.92 bits per heavy atom. The van der Waals surface area contributed by atoms with E-state index < -0.39 is 0 Å². The number of piperidine rings is 1. The van der Waals surface area contributed by atoms with Gasteiger partial charge in [0.25, 0.3) is 5.91 Å². The summed E-state index contributed by atoms with van der Waals surface area (Å²) in [5.74, 6) is -0.183. The van der Waals surface area contributed by atoms with Crippen LogP contribution in [0.5, 0.6) is 0 Å². The Morgan fingerprint density at radius 1 is 1.12 bits per heavy atom. The Morgan fingerprint density at radius 3 is 2.62 bits per heavy atom. The van der Waals surface area contributed by atoms with Gasteiger partial charge in [-0.3, -0.25) is 9.59 Å². The van der Waals surface area contributed by atoms with Gasteiger partial charge in [-0.05, 0) is 43.2 Å². The summed E-state index contributed by atoms with van der Waals surface area (Å²) in [6, 6.07) is 8.08. The van der Waals surface area contributed by atoms with E-state index in [-0.39, 0.29) is 17.7 Å². The molecule has 1 atom stereocenters. The van der Waals surface area contributed by atoms with Crippen molar-refractivity contribution in [3.8, 4) is 0 Å². The topological polar surface area (TPSA) is 62.3 Å². The first-order chi connectivity index (χ1) is 12.4. The van der Waals surface area contributed by atoms with E-state index >= 15 is 0 Å². The normalized spacial score (nSPS) is 17.0. The number of likely N-dealkylation sites (tertiary alicyclic amines) is 1. The molecule has 1 aliphatic heterocycles. The van der Waals surface area contributed by atoms with Crippen molar-refractivity contribution in [3.63, 3.8) is 0 Å². The number of anilines is 1. The van der Waals surface area contributed by atoms with Crippen molar-refractivity contribution < 1.29 is 9.59 Å². The molecule has 1 aliphatic rings. The molecule has 0 saturated carbocycles. The summed E-state index contributed by atoms with van der Waals surface area (Å²) in [6.45, 7) is 0.945. The van der Waals surface area contributed by atoms with Gasteiger partial charge in [-0.2, -0.15) is 0 Å². The number of benzene rings is 1. The fraction of sp³-hybridized carbons (Fsp3) is 0.278. The molecule has 1 saturated heterocycles. The summed E-state index contributed by atoms with van der Waals surface area (Å²) in [4.78, 5) is 30.9. The average Bonchev–Trinajstić information content (AvgIpc) is 2.65. The minimum absolute atomic E-state index is 0.161. The molecule has 2 amide bonds. The predicted molar refractivity (Wildman–Crippen MR) is 103 cm³/mol. The summed E-state index contributed by atoms with van der Waals surface area (Å²) in [5.41, 5.74) is 0.458. The Labute approximate surface area is 166 Å². The van der Waals surface area contributed by atoms with Crippen LogP contribution in [0.3, 0.4) is 0 Å². The van der Waals surface area contributed by atoms with Crippen molar-refractivity contribution >= 4 is 52.4 Å². The second-order valence-corrected chi connectivity index (χ2v) is 7.32. The molecule has 136 valence electrons. The van der Waals surface area contributed by atoms with Crippen LogP contribution in [-0.2, 0) is 4.79 Å². The quantitative estimate of drug-likeness (QED) is 0.805. The van der Waals surface area contributed by atoms with E-state index in [1.165, 1.54) is 6.20 Å². The number of hydrogen-bond acceptors (Lipinski definition) is 3. The lowest BCUT2D eigenvalue weighted by Gasteiger charge is -2.32. The number of carbonyl (C=O) groups is 2. The molecule has 0 bridgehead atoms. The maximum atomic E-state index is 12.7. The minimum atomic E-state index is -0.298. The van der Waals surface area contributed by atoms with Crippen LogP contribution >= 0.6 is 34.8 Å². The van der Waals surface area contributed by atoms with Gasteiger partial charge < -0.3 is 10.2 Å². The second kappa shape index (κ2) is 8.25. The van der Waals surface area contributed by atoms with Crippen molar-refractivity contribution in [2.24, 2.45) is 5.92 Å². The van der Waals surface area contributed by atoms with E-state index in [0.29, 0.717) is 46.0 Å². The number of halogens is 3. The first kappa shape index (κ1) is 19.0. The summed E-state index contributed by atoms with van der Waals surface area (Å²) in [7, 11) is 0. The second-order valence-electron chi connectivity index (χ2n) is 6.07. The van der Waals surface area contributed by atoms with Crippen LogP contribution in [0.4, 0.5) is 5.82 Å². The third-order valence-corrected chi connectivity index (χ3v) is 5.19. The molecule has 0 aliphatic carbocycles. The van der Waals surface area contributed by atoms with E-state index in [1.54, 1.807) is 35.2 Å². The van der Waals surface area contributed by atoms with Crippen LogP contribution in [0.25, 0.3) is 0 Å². The largest absolute Gasteiger partial charge is 0.338 e. The number of nitrogens with one attached hydrogen (secondary N) is 1. The van der Waals surface area contributed by atoms with Gasteiger partial charge in [0.15, 0.2) is 0 Å². The van der Waals surface area contributed by atoms with Crippen LogP contribution in [0.2, 0.25) is 15.1 Å². The van der Waals surface area contributed by atoms with Crippen molar-refractivity contribution in [2.45, 2.75) is 12.8 Å². The van der Waals surface area contributed by atoms with Gasteiger partial charge in [-0.25, -0.2) is 4.98 Å². The Balaban J connectivity index is 1.66.